The molecule has 0 spiro atoms. The molecular weight excluding hydrogens is 256 g/mol. The molecule has 6 nitrogen and oxygen atoms in total. The van der Waals surface area contributed by atoms with Crippen LogP contribution in [0.15, 0.2) is 18.2 Å². The van der Waals surface area contributed by atoms with Gasteiger partial charge < -0.3 is 10.1 Å². The summed E-state index contributed by atoms with van der Waals surface area (Å²) in [5.74, 6) is -0.723. The number of fused-ring (bicyclic) bond motifs is 1. The van der Waals surface area contributed by atoms with Gasteiger partial charge in [0.25, 0.3) is 0 Å². The summed E-state index contributed by atoms with van der Waals surface area (Å²) in [6.07, 6.45) is 1.13. The van der Waals surface area contributed by atoms with Crippen LogP contribution in [0.25, 0.3) is 11.0 Å². The van der Waals surface area contributed by atoms with Crippen LogP contribution in [0, 0.1) is 0 Å². The minimum Gasteiger partial charge on any atom is -0.478 e. The van der Waals surface area contributed by atoms with Crippen LogP contribution >= 0.6 is 0 Å². The number of carboxylic acids is 1. The van der Waals surface area contributed by atoms with E-state index < -0.39 is 21.1 Å². The third-order valence-corrected chi connectivity index (χ3v) is 4.28. The topological polar surface area (TPSA) is 100 Å². The highest BCUT2D eigenvalue weighted by Gasteiger charge is 2.21. The van der Waals surface area contributed by atoms with Crippen molar-refractivity contribution in [3.05, 3.63) is 29.6 Å². The highest BCUT2D eigenvalue weighted by molar-refractivity contribution is 7.90. The van der Waals surface area contributed by atoms with Gasteiger partial charge in [-0.15, -0.1) is 0 Å². The van der Waals surface area contributed by atoms with Crippen LogP contribution in [0.1, 0.15) is 28.4 Å². The molecule has 1 unspecified atom stereocenters. The standard InChI is InChI=1S/C11H12N2O4S/c1-6(18(2,16)17)10-12-8-4-3-7(11(14)15)5-9(8)13-10/h3-6H,1-2H3,(H,12,13)(H,14,15). The number of aromatic nitrogens is 2. The number of aromatic carboxylic acids is 1. The van der Waals surface area contributed by atoms with Gasteiger partial charge >= 0.3 is 5.97 Å². The summed E-state index contributed by atoms with van der Waals surface area (Å²) in [7, 11) is -3.24. The Morgan fingerprint density at radius 3 is 2.67 bits per heavy atom. The molecule has 0 radical (unpaired) electrons. The number of sulfone groups is 1. The smallest absolute Gasteiger partial charge is 0.335 e. The first-order valence-corrected chi connectivity index (χ1v) is 7.16. The van der Waals surface area contributed by atoms with E-state index in [0.717, 1.165) is 6.26 Å². The predicted molar refractivity (Wildman–Crippen MR) is 66.3 cm³/mol. The second-order valence-corrected chi connectivity index (χ2v) is 6.50. The Morgan fingerprint density at radius 1 is 1.44 bits per heavy atom. The van der Waals surface area contributed by atoms with Crippen LogP contribution in [-0.2, 0) is 9.84 Å². The number of nitrogens with one attached hydrogen (secondary N) is 1. The van der Waals surface area contributed by atoms with Crippen LogP contribution in [0.2, 0.25) is 0 Å². The van der Waals surface area contributed by atoms with Crippen molar-refractivity contribution >= 4 is 26.8 Å². The maximum Gasteiger partial charge on any atom is 0.335 e. The Morgan fingerprint density at radius 2 is 2.11 bits per heavy atom. The van der Waals surface area contributed by atoms with E-state index in [9.17, 15) is 13.2 Å². The summed E-state index contributed by atoms with van der Waals surface area (Å²) in [5, 5.41) is 8.11. The lowest BCUT2D eigenvalue weighted by Gasteiger charge is -2.04. The number of carbonyl (C=O) groups is 1. The maximum absolute atomic E-state index is 11.4. The summed E-state index contributed by atoms with van der Waals surface area (Å²) in [4.78, 5) is 17.8. The molecule has 1 atom stereocenters. The first-order chi connectivity index (χ1) is 8.29. The van der Waals surface area contributed by atoms with Crippen molar-refractivity contribution in [2.24, 2.45) is 0 Å². The summed E-state index contributed by atoms with van der Waals surface area (Å²) >= 11 is 0. The molecule has 96 valence electrons. The quantitative estimate of drug-likeness (QED) is 0.875. The molecule has 2 aromatic rings. The number of benzene rings is 1. The van der Waals surface area contributed by atoms with Crippen molar-refractivity contribution in [2.45, 2.75) is 12.2 Å². The molecule has 0 saturated heterocycles. The van der Waals surface area contributed by atoms with Gasteiger partial charge in [0.15, 0.2) is 9.84 Å². The number of nitrogens with zero attached hydrogens (tertiary/aromatic N) is 1. The zero-order chi connectivity index (χ0) is 13.5. The molecule has 2 rings (SSSR count). The van der Waals surface area contributed by atoms with E-state index in [1.54, 1.807) is 6.07 Å². The lowest BCUT2D eigenvalue weighted by atomic mass is 10.2. The third-order valence-electron chi connectivity index (χ3n) is 2.77. The highest BCUT2D eigenvalue weighted by Crippen LogP contribution is 2.22. The Balaban J connectivity index is 2.54. The van der Waals surface area contributed by atoms with Gasteiger partial charge in [0.2, 0.25) is 0 Å². The maximum atomic E-state index is 11.4. The number of H-pyrrole nitrogens is 1. The molecule has 1 aromatic carbocycles. The van der Waals surface area contributed by atoms with E-state index in [4.69, 9.17) is 5.11 Å². The molecule has 1 aromatic heterocycles. The minimum absolute atomic E-state index is 0.129. The Kier molecular flexibility index (Phi) is 2.86. The molecule has 2 N–H and O–H groups in total. The van der Waals surface area contributed by atoms with E-state index in [1.807, 2.05) is 0 Å². The number of hydrogen-bond acceptors (Lipinski definition) is 4. The van der Waals surface area contributed by atoms with Crippen molar-refractivity contribution in [2.75, 3.05) is 6.26 Å². The van der Waals surface area contributed by atoms with E-state index in [1.165, 1.54) is 19.1 Å². The van der Waals surface area contributed by atoms with E-state index in [2.05, 4.69) is 9.97 Å². The average molecular weight is 268 g/mol. The van der Waals surface area contributed by atoms with Crippen LogP contribution in [0.3, 0.4) is 0 Å². The molecule has 1 heterocycles. The molecule has 0 fully saturated rings. The molecular formula is C11H12N2O4S. The Bertz CT molecular complexity index is 718. The summed E-state index contributed by atoms with van der Waals surface area (Å²) in [6.45, 7) is 1.53. The molecule has 7 heteroatoms. The van der Waals surface area contributed by atoms with Crippen molar-refractivity contribution in [3.63, 3.8) is 0 Å². The molecule has 18 heavy (non-hydrogen) atoms. The molecule has 0 aliphatic rings. The number of carboxylic acid groups (broad SMARTS) is 1. The van der Waals surface area contributed by atoms with Gasteiger partial charge in [-0.1, -0.05) is 0 Å². The first kappa shape index (κ1) is 12.6. The van der Waals surface area contributed by atoms with Crippen LogP contribution in [0.4, 0.5) is 0 Å². The lowest BCUT2D eigenvalue weighted by molar-refractivity contribution is 0.0697. The van der Waals surface area contributed by atoms with Crippen LogP contribution < -0.4 is 0 Å². The lowest BCUT2D eigenvalue weighted by Crippen LogP contribution is -2.09. The van der Waals surface area contributed by atoms with E-state index >= 15 is 0 Å². The van der Waals surface area contributed by atoms with Gasteiger partial charge in [-0.05, 0) is 25.1 Å². The summed E-state index contributed by atoms with van der Waals surface area (Å²) in [5.41, 5.74) is 1.19. The van der Waals surface area contributed by atoms with E-state index in [0.29, 0.717) is 16.9 Å². The monoisotopic (exact) mass is 268 g/mol. The van der Waals surface area contributed by atoms with Crippen LogP contribution in [-0.4, -0.2) is 35.7 Å². The molecule has 0 bridgehead atoms. The SMILES string of the molecule is CC(c1nc2ccc(C(=O)O)cc2[nH]1)S(C)(=O)=O. The van der Waals surface area contributed by atoms with Gasteiger partial charge in [-0.2, -0.15) is 0 Å². The largest absolute Gasteiger partial charge is 0.478 e. The van der Waals surface area contributed by atoms with Crippen molar-refractivity contribution < 1.29 is 18.3 Å². The normalized spacial score (nSPS) is 13.7. The fourth-order valence-electron chi connectivity index (χ4n) is 1.56. The zero-order valence-corrected chi connectivity index (χ0v) is 10.7. The third kappa shape index (κ3) is 2.21. The van der Waals surface area contributed by atoms with Gasteiger partial charge in [0.05, 0.1) is 16.6 Å². The second-order valence-electron chi connectivity index (χ2n) is 4.13. The second kappa shape index (κ2) is 4.09. The van der Waals surface area contributed by atoms with Crippen LogP contribution in [0.5, 0.6) is 0 Å². The average Bonchev–Trinajstić information content (AvgIpc) is 2.68. The predicted octanol–water partition coefficient (Wildman–Crippen LogP) is 1.37. The van der Waals surface area contributed by atoms with Gasteiger partial charge in [-0.25, -0.2) is 18.2 Å². The summed E-state index contributed by atoms with van der Waals surface area (Å²) in [6, 6.07) is 4.41. The zero-order valence-electron chi connectivity index (χ0n) is 9.84. The fourth-order valence-corrected chi connectivity index (χ4v) is 2.07. The number of hydrogen-bond donors (Lipinski definition) is 2. The van der Waals surface area contributed by atoms with Crippen molar-refractivity contribution in [3.8, 4) is 0 Å². The van der Waals surface area contributed by atoms with Gasteiger partial charge in [0, 0.05) is 6.26 Å². The number of rotatable bonds is 3. The molecule has 0 amide bonds. The Hall–Kier alpha value is -1.89. The first-order valence-electron chi connectivity index (χ1n) is 5.21. The van der Waals surface area contributed by atoms with Gasteiger partial charge in [0.1, 0.15) is 11.1 Å². The minimum atomic E-state index is -3.24. The van der Waals surface area contributed by atoms with Crippen molar-refractivity contribution in [1.29, 1.82) is 0 Å². The Labute approximate surface area is 104 Å². The number of aromatic amines is 1. The fraction of sp³-hybridized carbons (Fsp3) is 0.273. The molecule has 0 aliphatic heterocycles. The highest BCUT2D eigenvalue weighted by atomic mass is 32.2. The van der Waals surface area contributed by atoms with Gasteiger partial charge in [-0.3, -0.25) is 0 Å². The summed E-state index contributed by atoms with van der Waals surface area (Å²) < 4.78 is 22.9. The molecule has 0 saturated carbocycles. The number of imidazole rings is 1. The molecule has 0 aliphatic carbocycles. The van der Waals surface area contributed by atoms with Crippen molar-refractivity contribution in [1.82, 2.24) is 9.97 Å². The van der Waals surface area contributed by atoms with E-state index in [-0.39, 0.29) is 5.56 Å².